The monoisotopic (exact) mass is 544 g/mol. The number of halogens is 2. The Kier molecular flexibility index (Phi) is 8.46. The molecular formula is C26H26ClFN4O2S2. The van der Waals surface area contributed by atoms with Gasteiger partial charge in [0.15, 0.2) is 11.0 Å². The molecule has 4 rings (SSSR count). The third kappa shape index (κ3) is 6.15. The molecule has 1 heterocycles. The van der Waals surface area contributed by atoms with Crippen molar-refractivity contribution in [3.8, 4) is 0 Å². The molecule has 1 N–H and O–H groups in total. The van der Waals surface area contributed by atoms with Gasteiger partial charge in [0.2, 0.25) is 10.0 Å². The van der Waals surface area contributed by atoms with Gasteiger partial charge in [-0.15, -0.1) is 10.2 Å². The molecule has 188 valence electrons. The minimum atomic E-state index is -3.83. The number of rotatable bonds is 10. The molecule has 0 unspecified atom stereocenters. The SMILES string of the molecule is CCn1c(SCc2c(F)cccc2Cl)nnc1[C@@H](Cc1ccccc1)NS(=O)(=O)c1ccc(C)cc1. The van der Waals surface area contributed by atoms with Gasteiger partial charge in [-0.05, 0) is 50.1 Å². The lowest BCUT2D eigenvalue weighted by Gasteiger charge is -2.20. The van der Waals surface area contributed by atoms with Crippen molar-refractivity contribution < 1.29 is 12.8 Å². The third-order valence-corrected chi connectivity index (χ3v) is 8.53. The largest absolute Gasteiger partial charge is 0.305 e. The normalized spacial score (nSPS) is 12.6. The summed E-state index contributed by atoms with van der Waals surface area (Å²) in [6.45, 7) is 4.34. The van der Waals surface area contributed by atoms with Crippen LogP contribution >= 0.6 is 23.4 Å². The van der Waals surface area contributed by atoms with Crippen molar-refractivity contribution in [1.29, 1.82) is 0 Å². The lowest BCUT2D eigenvalue weighted by atomic mass is 10.1. The molecule has 0 saturated heterocycles. The predicted octanol–water partition coefficient (Wildman–Crippen LogP) is 5.95. The molecule has 0 spiro atoms. The van der Waals surface area contributed by atoms with Crippen molar-refractivity contribution in [2.75, 3.05) is 0 Å². The number of nitrogens with one attached hydrogen (secondary N) is 1. The van der Waals surface area contributed by atoms with E-state index < -0.39 is 16.1 Å². The van der Waals surface area contributed by atoms with Crippen molar-refractivity contribution in [2.24, 2.45) is 0 Å². The summed E-state index contributed by atoms with van der Waals surface area (Å²) in [4.78, 5) is 0.178. The summed E-state index contributed by atoms with van der Waals surface area (Å²) >= 11 is 7.48. The molecule has 0 aliphatic heterocycles. The van der Waals surface area contributed by atoms with E-state index >= 15 is 0 Å². The first kappa shape index (κ1) is 26.3. The van der Waals surface area contributed by atoms with E-state index in [1.54, 1.807) is 36.4 Å². The van der Waals surface area contributed by atoms with Gasteiger partial charge in [-0.2, -0.15) is 0 Å². The average molecular weight is 545 g/mol. The Morgan fingerprint density at radius 2 is 1.75 bits per heavy atom. The lowest BCUT2D eigenvalue weighted by molar-refractivity contribution is 0.517. The number of aromatic nitrogens is 3. The molecule has 3 aromatic carbocycles. The molecule has 0 aliphatic carbocycles. The summed E-state index contributed by atoms with van der Waals surface area (Å²) < 4.78 is 45.5. The number of nitrogens with zero attached hydrogens (tertiary/aromatic N) is 3. The summed E-state index contributed by atoms with van der Waals surface area (Å²) in [5.74, 6) is 0.368. The number of hydrogen-bond acceptors (Lipinski definition) is 5. The topological polar surface area (TPSA) is 76.9 Å². The summed E-state index contributed by atoms with van der Waals surface area (Å²) in [5.41, 5.74) is 2.31. The van der Waals surface area contributed by atoms with E-state index in [1.807, 2.05) is 48.7 Å². The highest BCUT2D eigenvalue weighted by molar-refractivity contribution is 7.98. The number of aryl methyl sites for hydroxylation is 1. The Morgan fingerprint density at radius 1 is 1.03 bits per heavy atom. The van der Waals surface area contributed by atoms with E-state index in [1.165, 1.54) is 17.8 Å². The third-order valence-electron chi connectivity index (χ3n) is 5.69. The second-order valence-corrected chi connectivity index (χ2v) is 11.3. The van der Waals surface area contributed by atoms with Gasteiger partial charge < -0.3 is 4.57 Å². The standard InChI is InChI=1S/C26H26ClFN4O2S2/c1-3-32-25(29-30-26(32)35-17-21-22(27)10-7-11-23(21)28)24(16-19-8-5-4-6-9-19)31-36(33,34)20-14-12-18(2)13-15-20/h4-15,24,31H,3,16-17H2,1-2H3/t24-/m1/s1. The molecule has 0 saturated carbocycles. The molecule has 0 fully saturated rings. The quantitative estimate of drug-likeness (QED) is 0.249. The maximum atomic E-state index is 14.3. The number of benzene rings is 3. The van der Waals surface area contributed by atoms with Crippen LogP contribution in [-0.4, -0.2) is 23.2 Å². The van der Waals surface area contributed by atoms with Crippen LogP contribution in [0.5, 0.6) is 0 Å². The number of thioether (sulfide) groups is 1. The minimum Gasteiger partial charge on any atom is -0.305 e. The van der Waals surface area contributed by atoms with Crippen LogP contribution < -0.4 is 4.72 Å². The van der Waals surface area contributed by atoms with E-state index in [0.717, 1.165) is 11.1 Å². The van der Waals surface area contributed by atoms with E-state index in [2.05, 4.69) is 14.9 Å². The first-order valence-corrected chi connectivity index (χ1v) is 14.2. The van der Waals surface area contributed by atoms with Gasteiger partial charge in [0.25, 0.3) is 0 Å². The second kappa shape index (κ2) is 11.6. The van der Waals surface area contributed by atoms with Crippen LogP contribution in [0.15, 0.2) is 82.8 Å². The summed E-state index contributed by atoms with van der Waals surface area (Å²) in [6, 6.07) is 20.2. The second-order valence-electron chi connectivity index (χ2n) is 8.25. The Morgan fingerprint density at radius 3 is 2.42 bits per heavy atom. The van der Waals surface area contributed by atoms with Crippen LogP contribution in [0.4, 0.5) is 4.39 Å². The van der Waals surface area contributed by atoms with Crippen LogP contribution in [0.2, 0.25) is 5.02 Å². The Hall–Kier alpha value is -2.72. The van der Waals surface area contributed by atoms with Gasteiger partial charge in [0.05, 0.1) is 10.9 Å². The molecule has 10 heteroatoms. The molecular weight excluding hydrogens is 519 g/mol. The van der Waals surface area contributed by atoms with E-state index in [0.29, 0.717) is 34.5 Å². The first-order chi connectivity index (χ1) is 17.3. The first-order valence-electron chi connectivity index (χ1n) is 11.4. The predicted molar refractivity (Wildman–Crippen MR) is 141 cm³/mol. The molecule has 0 aliphatic rings. The zero-order chi connectivity index (χ0) is 25.7. The molecule has 6 nitrogen and oxygen atoms in total. The Balaban J connectivity index is 1.66. The van der Waals surface area contributed by atoms with Crippen LogP contribution in [0.3, 0.4) is 0 Å². The summed E-state index contributed by atoms with van der Waals surface area (Å²) in [7, 11) is -3.83. The molecule has 36 heavy (non-hydrogen) atoms. The van der Waals surface area contributed by atoms with Gasteiger partial charge in [0, 0.05) is 22.9 Å². The lowest BCUT2D eigenvalue weighted by Crippen LogP contribution is -2.32. The zero-order valence-corrected chi connectivity index (χ0v) is 22.2. The molecule has 1 aromatic heterocycles. The maximum Gasteiger partial charge on any atom is 0.241 e. The highest BCUT2D eigenvalue weighted by Crippen LogP contribution is 2.30. The fourth-order valence-corrected chi connectivity index (χ4v) is 6.32. The molecule has 4 aromatic rings. The van der Waals surface area contributed by atoms with Crippen molar-refractivity contribution in [3.05, 3.63) is 106 Å². The van der Waals surface area contributed by atoms with Crippen molar-refractivity contribution >= 4 is 33.4 Å². The van der Waals surface area contributed by atoms with Gasteiger partial charge in [-0.3, -0.25) is 0 Å². The fourth-order valence-electron chi connectivity index (χ4n) is 3.78. The van der Waals surface area contributed by atoms with Crippen molar-refractivity contribution in [1.82, 2.24) is 19.5 Å². The van der Waals surface area contributed by atoms with Gasteiger partial charge >= 0.3 is 0 Å². The summed E-state index contributed by atoms with van der Waals surface area (Å²) in [6.07, 6.45) is 0.383. The van der Waals surface area contributed by atoms with E-state index in [4.69, 9.17) is 11.6 Å². The van der Waals surface area contributed by atoms with Crippen molar-refractivity contribution in [2.45, 2.75) is 48.7 Å². The highest BCUT2D eigenvalue weighted by Gasteiger charge is 2.27. The zero-order valence-electron chi connectivity index (χ0n) is 19.9. The van der Waals surface area contributed by atoms with Crippen LogP contribution in [0, 0.1) is 12.7 Å². The molecule has 1 atom stereocenters. The number of hydrogen-bond donors (Lipinski definition) is 1. The van der Waals surface area contributed by atoms with Crippen LogP contribution in [0.25, 0.3) is 0 Å². The van der Waals surface area contributed by atoms with Crippen LogP contribution in [-0.2, 0) is 28.7 Å². The summed E-state index contributed by atoms with van der Waals surface area (Å²) in [5, 5.41) is 9.59. The van der Waals surface area contributed by atoms with Crippen molar-refractivity contribution in [3.63, 3.8) is 0 Å². The smallest absolute Gasteiger partial charge is 0.241 e. The Bertz CT molecular complexity index is 1410. The average Bonchev–Trinajstić information content (AvgIpc) is 3.27. The molecule has 0 amide bonds. The van der Waals surface area contributed by atoms with Gasteiger partial charge in [0.1, 0.15) is 5.82 Å². The molecule has 0 bridgehead atoms. The van der Waals surface area contributed by atoms with Crippen LogP contribution in [0.1, 0.15) is 35.5 Å². The minimum absolute atomic E-state index is 0.178. The highest BCUT2D eigenvalue weighted by atomic mass is 35.5. The van der Waals surface area contributed by atoms with E-state index in [9.17, 15) is 12.8 Å². The fraction of sp³-hybridized carbons (Fsp3) is 0.231. The van der Waals surface area contributed by atoms with Gasteiger partial charge in [-0.25, -0.2) is 17.5 Å². The van der Waals surface area contributed by atoms with Gasteiger partial charge in [-0.1, -0.05) is 77.5 Å². The molecule has 0 radical (unpaired) electrons. The maximum absolute atomic E-state index is 14.3. The van der Waals surface area contributed by atoms with E-state index in [-0.39, 0.29) is 16.5 Å². The number of sulfonamides is 1. The Labute approximate surface area is 220 Å².